The summed E-state index contributed by atoms with van der Waals surface area (Å²) in [6.45, 7) is 2.14. The highest BCUT2D eigenvalue weighted by atomic mass is 35.5. The number of benzene rings is 1. The number of amidine groups is 1. The fourth-order valence-corrected chi connectivity index (χ4v) is 2.21. The number of nitrogens with two attached hydrogens (primary N) is 1. The highest BCUT2D eigenvalue weighted by Gasteiger charge is 2.14. The molecule has 5 heteroatoms. The number of anilines is 1. The smallest absolute Gasteiger partial charge is 0.171 e. The van der Waals surface area contributed by atoms with Gasteiger partial charge in [0.05, 0.1) is 5.02 Å². The van der Waals surface area contributed by atoms with Gasteiger partial charge in [0.2, 0.25) is 0 Å². The molecular formula is C11H14ClN3O. The zero-order valence-corrected chi connectivity index (χ0v) is 9.61. The number of hydrogen-bond donors (Lipinski definition) is 2. The Morgan fingerprint density at radius 1 is 1.38 bits per heavy atom. The van der Waals surface area contributed by atoms with Crippen molar-refractivity contribution >= 4 is 23.1 Å². The van der Waals surface area contributed by atoms with Crippen molar-refractivity contribution in [3.8, 4) is 0 Å². The molecule has 0 spiro atoms. The van der Waals surface area contributed by atoms with E-state index in [1.165, 1.54) is 12.8 Å². The molecule has 0 bridgehead atoms. The van der Waals surface area contributed by atoms with Gasteiger partial charge < -0.3 is 15.8 Å². The van der Waals surface area contributed by atoms with Crippen LogP contribution < -0.4 is 10.6 Å². The molecule has 1 saturated heterocycles. The molecule has 4 nitrogen and oxygen atoms in total. The Morgan fingerprint density at radius 3 is 2.62 bits per heavy atom. The Bertz CT molecular complexity index is 414. The van der Waals surface area contributed by atoms with Crippen molar-refractivity contribution < 1.29 is 5.21 Å². The van der Waals surface area contributed by atoms with E-state index in [9.17, 15) is 0 Å². The quantitative estimate of drug-likeness (QED) is 0.359. The van der Waals surface area contributed by atoms with Gasteiger partial charge in [-0.05, 0) is 31.0 Å². The van der Waals surface area contributed by atoms with Crippen LogP contribution >= 0.6 is 11.6 Å². The summed E-state index contributed by atoms with van der Waals surface area (Å²) in [5.41, 5.74) is 7.16. The van der Waals surface area contributed by atoms with Gasteiger partial charge in [0.25, 0.3) is 0 Å². The van der Waals surface area contributed by atoms with Crippen molar-refractivity contribution in [3.63, 3.8) is 0 Å². The summed E-state index contributed by atoms with van der Waals surface area (Å²) in [4.78, 5) is 2.28. The van der Waals surface area contributed by atoms with Gasteiger partial charge in [-0.3, -0.25) is 0 Å². The average Bonchev–Trinajstić information content (AvgIpc) is 2.81. The third-order valence-corrected chi connectivity index (χ3v) is 3.12. The SMILES string of the molecule is NC(=NO)c1ccc(N2CCCC2)cc1Cl. The number of hydrogen-bond acceptors (Lipinski definition) is 3. The molecule has 2 rings (SSSR count). The van der Waals surface area contributed by atoms with E-state index in [0.717, 1.165) is 18.8 Å². The molecule has 0 amide bonds. The second-order valence-corrected chi connectivity index (χ2v) is 4.25. The first-order chi connectivity index (χ1) is 7.72. The minimum Gasteiger partial charge on any atom is -0.409 e. The molecule has 1 fully saturated rings. The van der Waals surface area contributed by atoms with Crippen molar-refractivity contribution in [2.24, 2.45) is 10.9 Å². The van der Waals surface area contributed by atoms with Crippen molar-refractivity contribution in [1.29, 1.82) is 0 Å². The number of nitrogens with zero attached hydrogens (tertiary/aromatic N) is 2. The average molecular weight is 240 g/mol. The summed E-state index contributed by atoms with van der Waals surface area (Å²) < 4.78 is 0. The van der Waals surface area contributed by atoms with E-state index in [-0.39, 0.29) is 5.84 Å². The van der Waals surface area contributed by atoms with Crippen LogP contribution in [0.25, 0.3) is 0 Å². The highest BCUT2D eigenvalue weighted by molar-refractivity contribution is 6.34. The van der Waals surface area contributed by atoms with Crippen LogP contribution in [0.15, 0.2) is 23.4 Å². The lowest BCUT2D eigenvalue weighted by Gasteiger charge is -2.18. The van der Waals surface area contributed by atoms with E-state index in [0.29, 0.717) is 10.6 Å². The molecule has 0 unspecified atom stereocenters. The van der Waals surface area contributed by atoms with Gasteiger partial charge in [0.1, 0.15) is 0 Å². The zero-order chi connectivity index (χ0) is 11.5. The fourth-order valence-electron chi connectivity index (χ4n) is 1.94. The first-order valence-electron chi connectivity index (χ1n) is 5.25. The maximum atomic E-state index is 8.59. The summed E-state index contributed by atoms with van der Waals surface area (Å²) >= 11 is 6.08. The molecule has 16 heavy (non-hydrogen) atoms. The van der Waals surface area contributed by atoms with Gasteiger partial charge in [-0.1, -0.05) is 16.8 Å². The van der Waals surface area contributed by atoms with Crippen LogP contribution in [0.5, 0.6) is 0 Å². The van der Waals surface area contributed by atoms with Crippen LogP contribution in [0.4, 0.5) is 5.69 Å². The summed E-state index contributed by atoms with van der Waals surface area (Å²) in [6.07, 6.45) is 2.44. The summed E-state index contributed by atoms with van der Waals surface area (Å²) in [5, 5.41) is 12.0. The summed E-state index contributed by atoms with van der Waals surface area (Å²) in [6, 6.07) is 5.59. The maximum absolute atomic E-state index is 8.59. The van der Waals surface area contributed by atoms with Gasteiger partial charge >= 0.3 is 0 Å². The summed E-state index contributed by atoms with van der Waals surface area (Å²) in [5.74, 6) is 0.0398. The van der Waals surface area contributed by atoms with E-state index in [2.05, 4.69) is 10.1 Å². The monoisotopic (exact) mass is 239 g/mol. The highest BCUT2D eigenvalue weighted by Crippen LogP contribution is 2.26. The molecule has 1 aromatic carbocycles. The Hall–Kier alpha value is -1.42. The number of rotatable bonds is 2. The molecule has 1 aromatic rings. The second-order valence-electron chi connectivity index (χ2n) is 3.84. The van der Waals surface area contributed by atoms with Gasteiger partial charge in [-0.15, -0.1) is 0 Å². The van der Waals surface area contributed by atoms with Gasteiger partial charge in [-0.25, -0.2) is 0 Å². The zero-order valence-electron chi connectivity index (χ0n) is 8.86. The number of halogens is 1. The van der Waals surface area contributed by atoms with E-state index < -0.39 is 0 Å². The Kier molecular flexibility index (Phi) is 3.19. The molecule has 1 aliphatic rings. The molecule has 0 radical (unpaired) electrons. The topological polar surface area (TPSA) is 61.9 Å². The largest absolute Gasteiger partial charge is 0.409 e. The van der Waals surface area contributed by atoms with Gasteiger partial charge in [0.15, 0.2) is 5.84 Å². The normalized spacial score (nSPS) is 16.8. The van der Waals surface area contributed by atoms with Crippen molar-refractivity contribution in [2.45, 2.75) is 12.8 Å². The van der Waals surface area contributed by atoms with E-state index in [1.54, 1.807) is 6.07 Å². The molecule has 1 aliphatic heterocycles. The third kappa shape index (κ3) is 2.07. The lowest BCUT2D eigenvalue weighted by Crippen LogP contribution is -2.18. The van der Waals surface area contributed by atoms with Crippen LogP contribution in [0.1, 0.15) is 18.4 Å². The predicted molar refractivity (Wildman–Crippen MR) is 65.4 cm³/mol. The number of oxime groups is 1. The van der Waals surface area contributed by atoms with Crippen molar-refractivity contribution in [3.05, 3.63) is 28.8 Å². The lowest BCUT2D eigenvalue weighted by atomic mass is 10.2. The molecule has 0 atom stereocenters. The lowest BCUT2D eigenvalue weighted by molar-refractivity contribution is 0.318. The fraction of sp³-hybridized carbons (Fsp3) is 0.364. The van der Waals surface area contributed by atoms with E-state index in [4.69, 9.17) is 22.5 Å². The molecule has 86 valence electrons. The molecule has 1 heterocycles. The van der Waals surface area contributed by atoms with Crippen molar-refractivity contribution in [2.75, 3.05) is 18.0 Å². The van der Waals surface area contributed by atoms with Crippen molar-refractivity contribution in [1.82, 2.24) is 0 Å². The Balaban J connectivity index is 2.28. The van der Waals surface area contributed by atoms with Crippen LogP contribution in [-0.2, 0) is 0 Å². The predicted octanol–water partition coefficient (Wildman–Crippen LogP) is 2.03. The molecule has 0 saturated carbocycles. The molecule has 0 aliphatic carbocycles. The van der Waals surface area contributed by atoms with Gasteiger partial charge in [0, 0.05) is 24.3 Å². The minimum absolute atomic E-state index is 0.0398. The van der Waals surface area contributed by atoms with E-state index in [1.807, 2.05) is 12.1 Å². The standard InChI is InChI=1S/C11H14ClN3O/c12-10-7-8(15-5-1-2-6-15)3-4-9(10)11(13)14-16/h3-4,7,16H,1-2,5-6H2,(H2,13,14). The van der Waals surface area contributed by atoms with Crippen LogP contribution in [0.2, 0.25) is 5.02 Å². The first kappa shape index (κ1) is 11.1. The van der Waals surface area contributed by atoms with Crippen LogP contribution in [0.3, 0.4) is 0 Å². The molecular weight excluding hydrogens is 226 g/mol. The third-order valence-electron chi connectivity index (χ3n) is 2.81. The van der Waals surface area contributed by atoms with Crippen LogP contribution in [-0.4, -0.2) is 24.1 Å². The Labute approximate surface area is 99.3 Å². The molecule has 0 aromatic heterocycles. The van der Waals surface area contributed by atoms with Gasteiger partial charge in [-0.2, -0.15) is 0 Å². The maximum Gasteiger partial charge on any atom is 0.171 e. The molecule has 3 N–H and O–H groups in total. The first-order valence-corrected chi connectivity index (χ1v) is 5.62. The Morgan fingerprint density at radius 2 is 2.06 bits per heavy atom. The van der Waals surface area contributed by atoms with E-state index >= 15 is 0 Å². The summed E-state index contributed by atoms with van der Waals surface area (Å²) in [7, 11) is 0. The second kappa shape index (κ2) is 4.61. The minimum atomic E-state index is 0.0398. The van der Waals surface area contributed by atoms with Crippen LogP contribution in [0, 0.1) is 0 Å².